The number of hydrogen-bond donors (Lipinski definition) is 1. The lowest BCUT2D eigenvalue weighted by Crippen LogP contribution is -2.06. The number of fused-ring (bicyclic) bond motifs is 1. The summed E-state index contributed by atoms with van der Waals surface area (Å²) in [7, 11) is -6.57. The highest BCUT2D eigenvalue weighted by Crippen LogP contribution is 2.29. The molecule has 0 bridgehead atoms. The van der Waals surface area contributed by atoms with Gasteiger partial charge in [-0.05, 0) is 29.7 Å². The lowest BCUT2D eigenvalue weighted by molar-refractivity contribution is 0.398. The van der Waals surface area contributed by atoms with E-state index in [2.05, 4.69) is 4.18 Å². The molecule has 0 heterocycles. The molecule has 0 aliphatic heterocycles. The van der Waals surface area contributed by atoms with Crippen molar-refractivity contribution in [2.75, 3.05) is 19.1 Å². The molecular formula is C12H13NO5S2. The molecule has 2 N–H and O–H groups in total. The third-order valence-corrected chi connectivity index (χ3v) is 5.24. The monoisotopic (exact) mass is 315 g/mol. The van der Waals surface area contributed by atoms with E-state index in [1.807, 2.05) is 0 Å². The van der Waals surface area contributed by atoms with Gasteiger partial charge >= 0.3 is 0 Å². The van der Waals surface area contributed by atoms with Gasteiger partial charge in [0.2, 0.25) is 0 Å². The van der Waals surface area contributed by atoms with Crippen molar-refractivity contribution >= 4 is 36.4 Å². The van der Waals surface area contributed by atoms with Gasteiger partial charge in [0.1, 0.15) is 4.90 Å². The van der Waals surface area contributed by atoms with Crippen molar-refractivity contribution in [1.29, 1.82) is 0 Å². The molecule has 0 aliphatic carbocycles. The van der Waals surface area contributed by atoms with E-state index in [1.165, 1.54) is 24.3 Å². The van der Waals surface area contributed by atoms with E-state index >= 15 is 0 Å². The summed E-state index contributed by atoms with van der Waals surface area (Å²) in [5.74, 6) is 0. The van der Waals surface area contributed by atoms with E-state index < -0.39 is 20.0 Å². The summed E-state index contributed by atoms with van der Waals surface area (Å²) in [5, 5.41) is 0.775. The minimum absolute atomic E-state index is 0.105. The van der Waals surface area contributed by atoms with Crippen molar-refractivity contribution in [3.63, 3.8) is 0 Å². The molecule has 0 spiro atoms. The highest BCUT2D eigenvalue weighted by Gasteiger charge is 2.21. The fourth-order valence-corrected chi connectivity index (χ4v) is 3.49. The van der Waals surface area contributed by atoms with Crippen LogP contribution in [0.2, 0.25) is 0 Å². The molecule has 20 heavy (non-hydrogen) atoms. The number of rotatable bonds is 3. The normalized spacial score (nSPS) is 12.7. The molecular weight excluding hydrogens is 302 g/mol. The Morgan fingerprint density at radius 2 is 1.70 bits per heavy atom. The molecule has 0 amide bonds. The van der Waals surface area contributed by atoms with Gasteiger partial charge in [-0.25, -0.2) is 8.42 Å². The largest absolute Gasteiger partial charge is 0.399 e. The van der Waals surface area contributed by atoms with Crippen molar-refractivity contribution in [3.8, 4) is 0 Å². The Labute approximate surface area is 117 Å². The van der Waals surface area contributed by atoms with Crippen molar-refractivity contribution < 1.29 is 21.0 Å². The topological polar surface area (TPSA) is 104 Å². The number of sulfone groups is 1. The molecule has 0 aliphatic rings. The third-order valence-electron chi connectivity index (χ3n) is 2.83. The van der Waals surface area contributed by atoms with E-state index in [9.17, 15) is 16.8 Å². The molecule has 6 nitrogen and oxygen atoms in total. The summed E-state index contributed by atoms with van der Waals surface area (Å²) in [5.41, 5.74) is 6.05. The Hall–Kier alpha value is -1.64. The maximum absolute atomic E-state index is 11.9. The number of hydrogen-bond acceptors (Lipinski definition) is 6. The fourth-order valence-electron chi connectivity index (χ4n) is 1.84. The minimum atomic E-state index is -4.03. The maximum Gasteiger partial charge on any atom is 0.297 e. The first-order valence-electron chi connectivity index (χ1n) is 5.49. The first-order chi connectivity index (χ1) is 9.15. The van der Waals surface area contributed by atoms with Crippen molar-refractivity contribution in [2.45, 2.75) is 9.79 Å². The Kier molecular flexibility index (Phi) is 3.49. The molecule has 0 saturated heterocycles. The minimum Gasteiger partial charge on any atom is -0.399 e. The molecule has 2 aromatic carbocycles. The summed E-state index contributed by atoms with van der Waals surface area (Å²) in [6, 6.07) is 7.04. The van der Waals surface area contributed by atoms with Crippen LogP contribution in [0.1, 0.15) is 0 Å². The van der Waals surface area contributed by atoms with Crippen LogP contribution in [0, 0.1) is 0 Å². The Balaban J connectivity index is 2.98. The van der Waals surface area contributed by atoms with Crippen molar-refractivity contribution in [1.82, 2.24) is 0 Å². The lowest BCUT2D eigenvalue weighted by atomic mass is 10.1. The Bertz CT molecular complexity index is 885. The first kappa shape index (κ1) is 14.8. The van der Waals surface area contributed by atoms with Crippen molar-refractivity contribution in [2.24, 2.45) is 0 Å². The summed E-state index contributed by atoms with van der Waals surface area (Å²) >= 11 is 0. The van der Waals surface area contributed by atoms with Gasteiger partial charge in [-0.1, -0.05) is 6.07 Å². The van der Waals surface area contributed by atoms with Crippen LogP contribution < -0.4 is 5.73 Å². The van der Waals surface area contributed by atoms with Crippen LogP contribution in [0.3, 0.4) is 0 Å². The molecule has 2 rings (SSSR count). The highest BCUT2D eigenvalue weighted by molar-refractivity contribution is 7.90. The smallest absolute Gasteiger partial charge is 0.297 e. The van der Waals surface area contributed by atoms with Crippen LogP contribution in [0.5, 0.6) is 0 Å². The van der Waals surface area contributed by atoms with E-state index in [-0.39, 0.29) is 9.79 Å². The lowest BCUT2D eigenvalue weighted by Gasteiger charge is -2.09. The van der Waals surface area contributed by atoms with E-state index in [0.717, 1.165) is 19.4 Å². The number of benzene rings is 2. The molecule has 0 aromatic heterocycles. The van der Waals surface area contributed by atoms with Gasteiger partial charge in [0.05, 0.1) is 12.0 Å². The van der Waals surface area contributed by atoms with Gasteiger partial charge < -0.3 is 5.73 Å². The average Bonchev–Trinajstić information content (AvgIpc) is 2.35. The van der Waals surface area contributed by atoms with Crippen LogP contribution in [0.4, 0.5) is 5.69 Å². The average molecular weight is 315 g/mol. The summed E-state index contributed by atoms with van der Waals surface area (Å²) in [6.45, 7) is 0. The molecule has 0 saturated carbocycles. The van der Waals surface area contributed by atoms with Crippen LogP contribution >= 0.6 is 0 Å². The second-order valence-electron chi connectivity index (χ2n) is 4.29. The van der Waals surface area contributed by atoms with Gasteiger partial charge in [-0.2, -0.15) is 8.42 Å². The predicted octanol–water partition coefficient (Wildman–Crippen LogP) is 1.16. The van der Waals surface area contributed by atoms with E-state index in [1.54, 1.807) is 0 Å². The van der Waals surface area contributed by atoms with Crippen LogP contribution in [-0.2, 0) is 24.1 Å². The number of nitrogen functional groups attached to an aromatic ring is 1. The fraction of sp³-hybridized carbons (Fsp3) is 0.167. The zero-order valence-electron chi connectivity index (χ0n) is 10.8. The zero-order valence-corrected chi connectivity index (χ0v) is 12.5. The molecule has 0 unspecified atom stereocenters. The molecule has 2 aromatic rings. The Morgan fingerprint density at radius 1 is 1.05 bits per heavy atom. The standard InChI is InChI=1S/C12H13NO5S2/c1-18-20(16,17)12-7-10(19(2,14)15)6-8-5-9(13)3-4-11(8)12/h3-7H,13H2,1-2H3. The SMILES string of the molecule is COS(=O)(=O)c1cc(S(C)(=O)=O)cc2cc(N)ccc12. The highest BCUT2D eigenvalue weighted by atomic mass is 32.2. The van der Waals surface area contributed by atoms with E-state index in [0.29, 0.717) is 16.5 Å². The molecule has 0 atom stereocenters. The van der Waals surface area contributed by atoms with E-state index in [4.69, 9.17) is 5.73 Å². The van der Waals surface area contributed by atoms with Gasteiger partial charge in [-0.15, -0.1) is 0 Å². The quantitative estimate of drug-likeness (QED) is 0.673. The summed E-state index contributed by atoms with van der Waals surface area (Å²) in [6.07, 6.45) is 1.00. The molecule has 8 heteroatoms. The second kappa shape index (κ2) is 4.72. The van der Waals surface area contributed by atoms with Gasteiger partial charge in [0, 0.05) is 17.3 Å². The first-order valence-corrected chi connectivity index (χ1v) is 8.79. The number of anilines is 1. The van der Waals surface area contributed by atoms with Gasteiger partial charge in [0.25, 0.3) is 10.1 Å². The van der Waals surface area contributed by atoms with Crippen LogP contribution in [-0.4, -0.2) is 30.2 Å². The van der Waals surface area contributed by atoms with Crippen LogP contribution in [0.25, 0.3) is 10.8 Å². The van der Waals surface area contributed by atoms with Gasteiger partial charge in [0.15, 0.2) is 9.84 Å². The Morgan fingerprint density at radius 3 is 2.25 bits per heavy atom. The molecule has 0 fully saturated rings. The molecule has 0 radical (unpaired) electrons. The molecule has 108 valence electrons. The summed E-state index contributed by atoms with van der Waals surface area (Å²) in [4.78, 5) is -0.302. The van der Waals surface area contributed by atoms with Crippen molar-refractivity contribution in [3.05, 3.63) is 30.3 Å². The third kappa shape index (κ3) is 2.62. The maximum atomic E-state index is 11.9. The zero-order chi connectivity index (χ0) is 15.1. The number of nitrogens with two attached hydrogens (primary N) is 1. The predicted molar refractivity (Wildman–Crippen MR) is 75.7 cm³/mol. The second-order valence-corrected chi connectivity index (χ2v) is 7.99. The van der Waals surface area contributed by atoms with Gasteiger partial charge in [-0.3, -0.25) is 4.18 Å². The summed E-state index contributed by atoms with van der Waals surface area (Å²) < 4.78 is 51.7. The van der Waals surface area contributed by atoms with Crippen LogP contribution in [0.15, 0.2) is 40.1 Å².